The zero-order valence-corrected chi connectivity index (χ0v) is 19.7. The van der Waals surface area contributed by atoms with Crippen molar-refractivity contribution in [1.82, 2.24) is 29.8 Å². The second-order valence-corrected chi connectivity index (χ2v) is 9.85. The molecule has 0 radical (unpaired) electrons. The van der Waals surface area contributed by atoms with E-state index in [1.165, 1.54) is 0 Å². The van der Waals surface area contributed by atoms with E-state index < -0.39 is 0 Å². The predicted octanol–water partition coefficient (Wildman–Crippen LogP) is 3.75. The third kappa shape index (κ3) is 3.79. The molecule has 0 bridgehead atoms. The number of likely N-dealkylation sites (tertiary alicyclic amines) is 2. The molecule has 2 aliphatic heterocycles. The van der Waals surface area contributed by atoms with Crippen LogP contribution in [-0.2, 0) is 4.79 Å². The molecule has 1 N–H and O–H groups in total. The number of piperidine rings is 1. The summed E-state index contributed by atoms with van der Waals surface area (Å²) in [7, 11) is 0. The van der Waals surface area contributed by atoms with Gasteiger partial charge in [0.1, 0.15) is 6.04 Å². The molecular formula is C27H28N6O2. The van der Waals surface area contributed by atoms with Gasteiger partial charge >= 0.3 is 0 Å². The molecule has 8 nitrogen and oxygen atoms in total. The Labute approximate surface area is 203 Å². The lowest BCUT2D eigenvalue weighted by molar-refractivity contribution is -0.139. The molecule has 1 spiro atoms. The third-order valence-electron chi connectivity index (χ3n) is 7.63. The average molecular weight is 469 g/mol. The molecule has 2 aromatic heterocycles. The minimum absolute atomic E-state index is 0.0276. The molecule has 2 fully saturated rings. The molecule has 0 aliphatic carbocycles. The molecule has 2 aliphatic rings. The first-order valence-electron chi connectivity index (χ1n) is 12.1. The van der Waals surface area contributed by atoms with E-state index >= 15 is 0 Å². The van der Waals surface area contributed by atoms with E-state index in [0.717, 1.165) is 61.1 Å². The van der Waals surface area contributed by atoms with Gasteiger partial charge in [-0.3, -0.25) is 19.4 Å². The van der Waals surface area contributed by atoms with Crippen molar-refractivity contribution in [1.29, 1.82) is 0 Å². The summed E-state index contributed by atoms with van der Waals surface area (Å²) in [4.78, 5) is 29.9. The molecule has 8 heteroatoms. The SMILES string of the molecule is CC(C(=O)N1CCC2(CC1)CN(C(=O)c1n[nH]c3cc(-c4ccccc4)ccc13)C2)n1cccn1. The van der Waals surface area contributed by atoms with E-state index in [0.29, 0.717) is 5.69 Å². The minimum atomic E-state index is -0.297. The number of hydrogen-bond acceptors (Lipinski definition) is 4. The van der Waals surface area contributed by atoms with Crippen LogP contribution in [0.1, 0.15) is 36.3 Å². The summed E-state index contributed by atoms with van der Waals surface area (Å²) in [6, 6.07) is 17.8. The van der Waals surface area contributed by atoms with Crippen molar-refractivity contribution >= 4 is 22.7 Å². The van der Waals surface area contributed by atoms with Crippen LogP contribution in [0.2, 0.25) is 0 Å². The Kier molecular flexibility index (Phi) is 5.16. The van der Waals surface area contributed by atoms with Crippen LogP contribution in [0.25, 0.3) is 22.0 Å². The first-order valence-corrected chi connectivity index (χ1v) is 12.1. The van der Waals surface area contributed by atoms with Gasteiger partial charge in [0.2, 0.25) is 5.91 Å². The smallest absolute Gasteiger partial charge is 0.275 e. The Morgan fingerprint density at radius 1 is 0.971 bits per heavy atom. The van der Waals surface area contributed by atoms with E-state index in [9.17, 15) is 9.59 Å². The van der Waals surface area contributed by atoms with Crippen molar-refractivity contribution in [3.05, 3.63) is 72.7 Å². The standard InChI is InChI=1S/C27H28N6O2/c1-19(33-13-5-12-28-33)25(34)31-14-10-27(11-15-31)17-32(18-27)26(35)24-22-9-8-21(16-23(22)29-30-24)20-6-3-2-4-7-20/h2-9,12-13,16,19H,10-11,14-15,17-18H2,1H3,(H,29,30). The number of benzene rings is 2. The second-order valence-electron chi connectivity index (χ2n) is 9.85. The first-order chi connectivity index (χ1) is 17.0. The number of hydrogen-bond donors (Lipinski definition) is 1. The highest BCUT2D eigenvalue weighted by atomic mass is 16.2. The predicted molar refractivity (Wildman–Crippen MR) is 133 cm³/mol. The number of carbonyl (C=O) groups excluding carboxylic acids is 2. The van der Waals surface area contributed by atoms with Gasteiger partial charge in [0.15, 0.2) is 5.69 Å². The molecule has 2 saturated heterocycles. The Bertz CT molecular complexity index is 1360. The zero-order chi connectivity index (χ0) is 24.0. The molecule has 2 aromatic carbocycles. The fraction of sp³-hybridized carbons (Fsp3) is 0.333. The van der Waals surface area contributed by atoms with Crippen molar-refractivity contribution in [2.24, 2.45) is 5.41 Å². The fourth-order valence-corrected chi connectivity index (χ4v) is 5.45. The van der Waals surface area contributed by atoms with Crippen LogP contribution < -0.4 is 0 Å². The normalized spacial score (nSPS) is 18.0. The monoisotopic (exact) mass is 468 g/mol. The van der Waals surface area contributed by atoms with Crippen molar-refractivity contribution in [2.45, 2.75) is 25.8 Å². The van der Waals surface area contributed by atoms with E-state index in [1.54, 1.807) is 10.9 Å². The second kappa shape index (κ2) is 8.37. The first kappa shape index (κ1) is 21.6. The molecule has 0 saturated carbocycles. The summed E-state index contributed by atoms with van der Waals surface area (Å²) >= 11 is 0. The summed E-state index contributed by atoms with van der Waals surface area (Å²) in [6.45, 7) is 4.78. The van der Waals surface area contributed by atoms with E-state index in [1.807, 2.05) is 65.4 Å². The van der Waals surface area contributed by atoms with Gasteiger partial charge in [-0.1, -0.05) is 36.4 Å². The number of aromatic amines is 1. The molecule has 4 aromatic rings. The van der Waals surface area contributed by atoms with Crippen LogP contribution in [0, 0.1) is 5.41 Å². The van der Waals surface area contributed by atoms with Gasteiger partial charge in [-0.2, -0.15) is 10.2 Å². The van der Waals surface area contributed by atoms with E-state index in [4.69, 9.17) is 0 Å². The minimum Gasteiger partial charge on any atom is -0.341 e. The fourth-order valence-electron chi connectivity index (χ4n) is 5.45. The van der Waals surface area contributed by atoms with Gasteiger partial charge in [0.05, 0.1) is 5.52 Å². The van der Waals surface area contributed by atoms with Crippen molar-refractivity contribution in [3.8, 4) is 11.1 Å². The average Bonchev–Trinajstić information content (AvgIpc) is 3.57. The highest BCUT2D eigenvalue weighted by molar-refractivity contribution is 6.05. The number of H-pyrrole nitrogens is 1. The maximum Gasteiger partial charge on any atom is 0.275 e. The maximum atomic E-state index is 13.2. The van der Waals surface area contributed by atoms with Gasteiger partial charge in [0, 0.05) is 49.4 Å². The van der Waals surface area contributed by atoms with Gasteiger partial charge in [-0.15, -0.1) is 0 Å². The quantitative estimate of drug-likeness (QED) is 0.494. The van der Waals surface area contributed by atoms with Gasteiger partial charge < -0.3 is 9.80 Å². The Hall–Kier alpha value is -3.94. The highest BCUT2D eigenvalue weighted by Crippen LogP contribution is 2.41. The number of nitrogens with one attached hydrogen (secondary N) is 1. The number of amides is 2. The van der Waals surface area contributed by atoms with E-state index in [-0.39, 0.29) is 23.3 Å². The largest absolute Gasteiger partial charge is 0.341 e. The summed E-state index contributed by atoms with van der Waals surface area (Å²) in [5.74, 6) is 0.0776. The summed E-state index contributed by atoms with van der Waals surface area (Å²) in [5.41, 5.74) is 3.67. The topological polar surface area (TPSA) is 87.1 Å². The summed E-state index contributed by atoms with van der Waals surface area (Å²) < 4.78 is 1.70. The molecule has 35 heavy (non-hydrogen) atoms. The van der Waals surface area contributed by atoms with Crippen LogP contribution in [0.4, 0.5) is 0 Å². The Balaban J connectivity index is 1.09. The van der Waals surface area contributed by atoms with Crippen LogP contribution in [-0.4, -0.2) is 67.8 Å². The summed E-state index contributed by atoms with van der Waals surface area (Å²) in [6.07, 6.45) is 5.34. The molecule has 178 valence electrons. The third-order valence-corrected chi connectivity index (χ3v) is 7.63. The maximum absolute atomic E-state index is 13.2. The van der Waals surface area contributed by atoms with Crippen molar-refractivity contribution < 1.29 is 9.59 Å². The van der Waals surface area contributed by atoms with Crippen LogP contribution in [0.3, 0.4) is 0 Å². The van der Waals surface area contributed by atoms with Crippen molar-refractivity contribution in [3.63, 3.8) is 0 Å². The molecule has 2 amide bonds. The Morgan fingerprint density at radius 3 is 2.46 bits per heavy atom. The van der Waals surface area contributed by atoms with Gasteiger partial charge in [-0.25, -0.2) is 0 Å². The number of aromatic nitrogens is 4. The molecular weight excluding hydrogens is 440 g/mol. The lowest BCUT2D eigenvalue weighted by Crippen LogP contribution is -2.62. The number of fused-ring (bicyclic) bond motifs is 1. The van der Waals surface area contributed by atoms with E-state index in [2.05, 4.69) is 27.4 Å². The molecule has 1 atom stereocenters. The van der Waals surface area contributed by atoms with Crippen LogP contribution in [0.15, 0.2) is 67.0 Å². The number of rotatable bonds is 4. The zero-order valence-electron chi connectivity index (χ0n) is 19.7. The van der Waals surface area contributed by atoms with Crippen LogP contribution >= 0.6 is 0 Å². The summed E-state index contributed by atoms with van der Waals surface area (Å²) in [5, 5.41) is 12.5. The lowest BCUT2D eigenvalue weighted by atomic mass is 9.71. The molecule has 4 heterocycles. The van der Waals surface area contributed by atoms with Crippen molar-refractivity contribution in [2.75, 3.05) is 26.2 Å². The van der Waals surface area contributed by atoms with Gasteiger partial charge in [-0.05, 0) is 49.1 Å². The lowest BCUT2D eigenvalue weighted by Gasteiger charge is -2.53. The van der Waals surface area contributed by atoms with Crippen LogP contribution in [0.5, 0.6) is 0 Å². The highest BCUT2D eigenvalue weighted by Gasteiger charge is 2.48. The number of carbonyl (C=O) groups is 2. The number of nitrogens with zero attached hydrogens (tertiary/aromatic N) is 5. The molecule has 1 unspecified atom stereocenters. The Morgan fingerprint density at radius 2 is 1.74 bits per heavy atom. The van der Waals surface area contributed by atoms with Gasteiger partial charge in [0.25, 0.3) is 5.91 Å². The molecule has 6 rings (SSSR count).